The van der Waals surface area contributed by atoms with Crippen molar-refractivity contribution in [2.45, 2.75) is 70.9 Å². The number of carbonyl (C=O) groups is 1. The molecule has 4 nitrogen and oxygen atoms in total. The van der Waals surface area contributed by atoms with Crippen molar-refractivity contribution in [2.75, 3.05) is 13.2 Å². The Hall–Kier alpha value is -0.393. The zero-order chi connectivity index (χ0) is 16.1. The molecule has 1 aliphatic rings. The average molecular weight is 317 g/mol. The third-order valence-electron chi connectivity index (χ3n) is 4.22. The lowest BCUT2D eigenvalue weighted by molar-refractivity contribution is -0.143. The second-order valence-corrected chi connectivity index (χ2v) is 10.8. The maximum absolute atomic E-state index is 10.5. The monoisotopic (exact) mass is 316 g/mol. The molecule has 124 valence electrons. The summed E-state index contributed by atoms with van der Waals surface area (Å²) in [6.07, 6.45) is 4.63. The van der Waals surface area contributed by atoms with Crippen LogP contribution in [0.5, 0.6) is 0 Å². The van der Waals surface area contributed by atoms with E-state index < -0.39 is 15.7 Å². The summed E-state index contributed by atoms with van der Waals surface area (Å²) in [5.41, 5.74) is -0.0645. The van der Waals surface area contributed by atoms with Crippen molar-refractivity contribution < 1.29 is 19.1 Å². The van der Waals surface area contributed by atoms with Gasteiger partial charge in [0.1, 0.15) is 6.61 Å². The first kappa shape index (κ1) is 18.7. The molecule has 0 aromatic carbocycles. The largest absolute Gasteiger partial charge is 0.480 e. The lowest BCUT2D eigenvalue weighted by Crippen LogP contribution is -2.40. The summed E-state index contributed by atoms with van der Waals surface area (Å²) < 4.78 is 11.6. The van der Waals surface area contributed by atoms with Crippen LogP contribution in [0.1, 0.15) is 60.3 Å². The quantitative estimate of drug-likeness (QED) is 0.734. The van der Waals surface area contributed by atoms with E-state index in [1.807, 2.05) is 0 Å². The molecule has 0 amide bonds. The van der Waals surface area contributed by atoms with E-state index in [9.17, 15) is 4.79 Å². The summed E-state index contributed by atoms with van der Waals surface area (Å²) in [4.78, 5) is 10.5. The highest BCUT2D eigenvalue weighted by atomic mass is 28.2. The average Bonchev–Trinajstić information content (AvgIpc) is 2.36. The third kappa shape index (κ3) is 7.43. The van der Waals surface area contributed by atoms with Crippen molar-refractivity contribution in [1.29, 1.82) is 0 Å². The van der Waals surface area contributed by atoms with Crippen LogP contribution in [-0.2, 0) is 14.0 Å². The Labute approximate surface area is 131 Å². The standard InChI is InChI=1S/C16H32O4Si/c1-15(2,3)21-20-16(4,5)13-8-6-7-12(9-13)10-19-11-14(17)18/h12-13H,6-11,21H2,1-5H3,(H,17,18)/t12-,13+/m0/s1. The summed E-state index contributed by atoms with van der Waals surface area (Å²) in [6, 6.07) is 0. The number of carboxylic acids is 1. The SMILES string of the molecule is CC(C)(C)[SiH2]OC(C)(C)[C@@H]1CCC[C@H](COCC(=O)O)C1. The summed E-state index contributed by atoms with van der Waals surface area (Å²) in [5, 5.41) is 8.95. The van der Waals surface area contributed by atoms with Gasteiger partial charge in [-0.3, -0.25) is 0 Å². The van der Waals surface area contributed by atoms with E-state index in [-0.39, 0.29) is 12.2 Å². The molecule has 0 aromatic heterocycles. The third-order valence-corrected chi connectivity index (χ3v) is 5.98. The fourth-order valence-electron chi connectivity index (χ4n) is 2.91. The first-order valence-corrected chi connectivity index (χ1v) is 9.32. The fraction of sp³-hybridized carbons (Fsp3) is 0.938. The molecule has 0 aromatic rings. The smallest absolute Gasteiger partial charge is 0.329 e. The van der Waals surface area contributed by atoms with E-state index >= 15 is 0 Å². The number of hydrogen-bond acceptors (Lipinski definition) is 3. The molecule has 5 heteroatoms. The molecule has 1 N–H and O–H groups in total. The number of hydrogen-bond donors (Lipinski definition) is 1. The van der Waals surface area contributed by atoms with Crippen LogP contribution in [0, 0.1) is 11.8 Å². The van der Waals surface area contributed by atoms with E-state index in [0.29, 0.717) is 23.5 Å². The van der Waals surface area contributed by atoms with Crippen molar-refractivity contribution in [3.8, 4) is 0 Å². The summed E-state index contributed by atoms with van der Waals surface area (Å²) in [6.45, 7) is 11.6. The zero-order valence-electron chi connectivity index (χ0n) is 14.3. The van der Waals surface area contributed by atoms with Crippen LogP contribution >= 0.6 is 0 Å². The van der Waals surface area contributed by atoms with Crippen LogP contribution < -0.4 is 0 Å². The predicted octanol–water partition coefficient (Wildman–Crippen LogP) is 2.99. The highest BCUT2D eigenvalue weighted by Gasteiger charge is 2.35. The molecule has 1 saturated carbocycles. The van der Waals surface area contributed by atoms with Gasteiger partial charge in [-0.25, -0.2) is 4.79 Å². The van der Waals surface area contributed by atoms with Crippen LogP contribution in [0.15, 0.2) is 0 Å². The maximum Gasteiger partial charge on any atom is 0.329 e. The van der Waals surface area contributed by atoms with E-state index in [2.05, 4.69) is 34.6 Å². The second-order valence-electron chi connectivity index (χ2n) is 8.09. The summed E-state index contributed by atoms with van der Waals surface area (Å²) >= 11 is 0. The lowest BCUT2D eigenvalue weighted by Gasteiger charge is -2.41. The van der Waals surface area contributed by atoms with Gasteiger partial charge in [0.15, 0.2) is 9.76 Å². The van der Waals surface area contributed by atoms with Gasteiger partial charge in [0, 0.05) is 0 Å². The molecule has 1 fully saturated rings. The van der Waals surface area contributed by atoms with Gasteiger partial charge >= 0.3 is 5.97 Å². The molecule has 21 heavy (non-hydrogen) atoms. The molecule has 2 atom stereocenters. The van der Waals surface area contributed by atoms with E-state index in [1.54, 1.807) is 0 Å². The molecule has 1 aliphatic carbocycles. The van der Waals surface area contributed by atoms with Crippen molar-refractivity contribution in [2.24, 2.45) is 11.8 Å². The lowest BCUT2D eigenvalue weighted by atomic mass is 9.74. The Bertz CT molecular complexity index is 336. The topological polar surface area (TPSA) is 55.8 Å². The van der Waals surface area contributed by atoms with Gasteiger partial charge in [-0.15, -0.1) is 0 Å². The molecular weight excluding hydrogens is 284 g/mol. The number of rotatable bonds is 7. The number of carboxylic acid groups (broad SMARTS) is 1. The minimum Gasteiger partial charge on any atom is -0.480 e. The van der Waals surface area contributed by atoms with E-state index in [4.69, 9.17) is 14.3 Å². The maximum atomic E-state index is 10.5. The van der Waals surface area contributed by atoms with Crippen molar-refractivity contribution in [3.63, 3.8) is 0 Å². The van der Waals surface area contributed by atoms with E-state index in [0.717, 1.165) is 12.8 Å². The number of ether oxygens (including phenoxy) is 1. The second kappa shape index (κ2) is 7.74. The van der Waals surface area contributed by atoms with Crippen LogP contribution in [0.2, 0.25) is 5.04 Å². The van der Waals surface area contributed by atoms with Gasteiger partial charge in [-0.2, -0.15) is 0 Å². The summed E-state index contributed by atoms with van der Waals surface area (Å²) in [7, 11) is -0.552. The molecule has 0 saturated heterocycles. The van der Waals surface area contributed by atoms with Gasteiger partial charge in [0.2, 0.25) is 0 Å². The summed E-state index contributed by atoms with van der Waals surface area (Å²) in [5.74, 6) is 0.143. The molecule has 1 rings (SSSR count). The van der Waals surface area contributed by atoms with Gasteiger partial charge in [0.05, 0.1) is 12.2 Å². The highest BCUT2D eigenvalue weighted by molar-refractivity contribution is 6.31. The predicted molar refractivity (Wildman–Crippen MR) is 87.3 cm³/mol. The first-order chi connectivity index (χ1) is 9.60. The minimum atomic E-state index is -0.887. The molecule has 0 aliphatic heterocycles. The Balaban J connectivity index is 2.44. The van der Waals surface area contributed by atoms with Crippen LogP contribution in [0.4, 0.5) is 0 Å². The Morgan fingerprint density at radius 2 is 1.90 bits per heavy atom. The number of aliphatic carboxylic acids is 1. The highest BCUT2D eigenvalue weighted by Crippen LogP contribution is 2.38. The van der Waals surface area contributed by atoms with Crippen LogP contribution in [0.25, 0.3) is 0 Å². The molecule has 0 heterocycles. The minimum absolute atomic E-state index is 0.0645. The van der Waals surface area contributed by atoms with Crippen molar-refractivity contribution >= 4 is 15.7 Å². The van der Waals surface area contributed by atoms with Crippen LogP contribution in [-0.4, -0.2) is 39.7 Å². The zero-order valence-corrected chi connectivity index (χ0v) is 15.7. The molecule has 0 radical (unpaired) electrons. The van der Waals surface area contributed by atoms with Gasteiger partial charge in [-0.1, -0.05) is 27.2 Å². The molecule has 0 bridgehead atoms. The van der Waals surface area contributed by atoms with Gasteiger partial charge in [0.25, 0.3) is 0 Å². The molecular formula is C16H32O4Si. The Morgan fingerprint density at radius 1 is 1.24 bits per heavy atom. The Kier molecular flexibility index (Phi) is 6.88. The van der Waals surface area contributed by atoms with Gasteiger partial charge in [-0.05, 0) is 50.0 Å². The van der Waals surface area contributed by atoms with Crippen molar-refractivity contribution in [3.05, 3.63) is 0 Å². The first-order valence-electron chi connectivity index (χ1n) is 8.03. The molecule has 0 spiro atoms. The van der Waals surface area contributed by atoms with Gasteiger partial charge < -0.3 is 14.3 Å². The van der Waals surface area contributed by atoms with Crippen LogP contribution in [0.3, 0.4) is 0 Å². The fourth-order valence-corrected chi connectivity index (χ4v) is 3.95. The van der Waals surface area contributed by atoms with E-state index in [1.165, 1.54) is 12.8 Å². The molecule has 0 unspecified atom stereocenters. The Morgan fingerprint density at radius 3 is 2.48 bits per heavy atom. The normalized spacial score (nSPS) is 24.6. The van der Waals surface area contributed by atoms with Crippen molar-refractivity contribution in [1.82, 2.24) is 0 Å².